The number of rotatable bonds is 3. The zero-order valence-electron chi connectivity index (χ0n) is 17.7. The molecule has 9 nitrogen and oxygen atoms in total. The number of hydrogen-bond acceptors (Lipinski definition) is 6. The number of pyridine rings is 1. The second-order valence-corrected chi connectivity index (χ2v) is 8.62. The number of fused-ring (bicyclic) bond motifs is 1. The number of phenols is 1. The largest absolute Gasteiger partial charge is 0.508 e. The fraction of sp³-hybridized carbons (Fsp3) is 0.364. The lowest BCUT2D eigenvalue weighted by Gasteiger charge is -2.22. The van der Waals surface area contributed by atoms with E-state index >= 15 is 0 Å². The molecule has 0 saturated carbocycles. The first-order valence-electron chi connectivity index (χ1n) is 10.1. The first kappa shape index (κ1) is 20.6. The summed E-state index contributed by atoms with van der Waals surface area (Å²) in [7, 11) is 0. The number of carbonyl (C=O) groups is 2. The number of H-pyrrole nitrogens is 1. The van der Waals surface area contributed by atoms with Crippen molar-refractivity contribution in [3.05, 3.63) is 42.1 Å². The maximum atomic E-state index is 13.3. The third-order valence-electron chi connectivity index (χ3n) is 5.01. The Morgan fingerprint density at radius 3 is 2.71 bits per heavy atom. The van der Waals surface area contributed by atoms with Gasteiger partial charge >= 0.3 is 6.09 Å². The van der Waals surface area contributed by atoms with Crippen LogP contribution in [0.3, 0.4) is 0 Å². The summed E-state index contributed by atoms with van der Waals surface area (Å²) in [5, 5.41) is 19.9. The standard InChI is InChI=1S/C22H25N5O4/c1-22(2,3)31-21(30)24-14-8-9-27(12-14)20(29)16-10-18(13-4-6-15(28)7-5-13)25-19-17(16)11-23-26-19/h4-7,10-11,14,28H,8-9,12H2,1-3H3,(H,24,30)(H,23,25,26). The number of aromatic amines is 1. The van der Waals surface area contributed by atoms with E-state index in [0.29, 0.717) is 41.8 Å². The Morgan fingerprint density at radius 2 is 2.00 bits per heavy atom. The number of hydrogen-bond donors (Lipinski definition) is 3. The second-order valence-electron chi connectivity index (χ2n) is 8.62. The van der Waals surface area contributed by atoms with Gasteiger partial charge in [0.2, 0.25) is 0 Å². The van der Waals surface area contributed by atoms with E-state index < -0.39 is 11.7 Å². The molecule has 4 rings (SSSR count). The minimum atomic E-state index is -0.577. The Bertz CT molecular complexity index is 1120. The third-order valence-corrected chi connectivity index (χ3v) is 5.01. The maximum Gasteiger partial charge on any atom is 0.407 e. The third kappa shape index (κ3) is 4.60. The van der Waals surface area contributed by atoms with Gasteiger partial charge in [-0.15, -0.1) is 0 Å². The highest BCUT2D eigenvalue weighted by Gasteiger charge is 2.30. The van der Waals surface area contributed by atoms with Crippen molar-refractivity contribution in [1.82, 2.24) is 25.4 Å². The van der Waals surface area contributed by atoms with E-state index in [2.05, 4.69) is 20.5 Å². The highest BCUT2D eigenvalue weighted by Crippen LogP contribution is 2.27. The van der Waals surface area contributed by atoms with E-state index in [-0.39, 0.29) is 17.7 Å². The smallest absolute Gasteiger partial charge is 0.407 e. The number of nitrogens with zero attached hydrogens (tertiary/aromatic N) is 3. The van der Waals surface area contributed by atoms with Crippen LogP contribution < -0.4 is 5.32 Å². The molecular formula is C22H25N5O4. The summed E-state index contributed by atoms with van der Waals surface area (Å²) in [4.78, 5) is 31.6. The summed E-state index contributed by atoms with van der Waals surface area (Å²) < 4.78 is 5.31. The zero-order valence-corrected chi connectivity index (χ0v) is 17.7. The average Bonchev–Trinajstić information content (AvgIpc) is 3.35. The van der Waals surface area contributed by atoms with E-state index in [4.69, 9.17) is 4.74 Å². The number of ether oxygens (including phenoxy) is 1. The predicted octanol–water partition coefficient (Wildman–Crippen LogP) is 3.07. The zero-order chi connectivity index (χ0) is 22.2. The number of carbonyl (C=O) groups excluding carboxylic acids is 2. The summed E-state index contributed by atoms with van der Waals surface area (Å²) >= 11 is 0. The second kappa shape index (κ2) is 7.90. The lowest BCUT2D eigenvalue weighted by molar-refractivity contribution is 0.0502. The van der Waals surface area contributed by atoms with Gasteiger partial charge in [-0.1, -0.05) is 0 Å². The van der Waals surface area contributed by atoms with Crippen molar-refractivity contribution >= 4 is 23.0 Å². The summed E-state index contributed by atoms with van der Waals surface area (Å²) in [6.45, 7) is 6.34. The summed E-state index contributed by atoms with van der Waals surface area (Å²) in [5.41, 5.74) is 1.79. The molecule has 1 aliphatic heterocycles. The molecule has 2 aromatic heterocycles. The van der Waals surface area contributed by atoms with E-state index in [1.54, 1.807) is 41.4 Å². The molecule has 3 heterocycles. The van der Waals surface area contributed by atoms with Crippen molar-refractivity contribution in [2.24, 2.45) is 0 Å². The maximum absolute atomic E-state index is 13.3. The monoisotopic (exact) mass is 423 g/mol. The number of alkyl carbamates (subject to hydrolysis) is 1. The van der Waals surface area contributed by atoms with Gasteiger partial charge in [0.1, 0.15) is 11.4 Å². The van der Waals surface area contributed by atoms with Gasteiger partial charge < -0.3 is 20.1 Å². The summed E-state index contributed by atoms with van der Waals surface area (Å²) in [6.07, 6.45) is 1.75. The first-order valence-corrected chi connectivity index (χ1v) is 10.1. The van der Waals surface area contributed by atoms with Crippen molar-refractivity contribution in [3.63, 3.8) is 0 Å². The number of likely N-dealkylation sites (tertiary alicyclic amines) is 1. The highest BCUT2D eigenvalue weighted by atomic mass is 16.6. The topological polar surface area (TPSA) is 120 Å². The molecule has 31 heavy (non-hydrogen) atoms. The Labute approximate surface area is 179 Å². The van der Waals surface area contributed by atoms with Gasteiger partial charge in [0.25, 0.3) is 5.91 Å². The van der Waals surface area contributed by atoms with E-state index in [1.807, 2.05) is 20.8 Å². The normalized spacial score (nSPS) is 16.5. The van der Waals surface area contributed by atoms with E-state index in [0.717, 1.165) is 5.56 Å². The molecule has 1 unspecified atom stereocenters. The van der Waals surface area contributed by atoms with Crippen LogP contribution in [-0.4, -0.2) is 61.9 Å². The van der Waals surface area contributed by atoms with Gasteiger partial charge in [-0.2, -0.15) is 5.10 Å². The molecule has 1 atom stereocenters. The Hall–Kier alpha value is -3.62. The molecule has 3 aromatic rings. The number of phenolic OH excluding ortho intramolecular Hbond substituents is 1. The van der Waals surface area contributed by atoms with Gasteiger partial charge in [-0.3, -0.25) is 9.89 Å². The lowest BCUT2D eigenvalue weighted by Crippen LogP contribution is -2.41. The fourth-order valence-corrected chi connectivity index (χ4v) is 3.59. The fourth-order valence-electron chi connectivity index (χ4n) is 3.59. The highest BCUT2D eigenvalue weighted by molar-refractivity contribution is 6.06. The van der Waals surface area contributed by atoms with Crippen LogP contribution in [0.25, 0.3) is 22.3 Å². The minimum Gasteiger partial charge on any atom is -0.508 e. The Morgan fingerprint density at radius 1 is 1.26 bits per heavy atom. The number of benzene rings is 1. The molecule has 0 radical (unpaired) electrons. The molecule has 1 saturated heterocycles. The van der Waals surface area contributed by atoms with Crippen LogP contribution in [-0.2, 0) is 4.74 Å². The predicted molar refractivity (Wildman–Crippen MR) is 115 cm³/mol. The van der Waals surface area contributed by atoms with Crippen LogP contribution in [0.4, 0.5) is 4.79 Å². The quantitative estimate of drug-likeness (QED) is 0.595. The van der Waals surface area contributed by atoms with Gasteiger partial charge in [-0.05, 0) is 57.5 Å². The van der Waals surface area contributed by atoms with Crippen LogP contribution >= 0.6 is 0 Å². The van der Waals surface area contributed by atoms with Crippen molar-refractivity contribution in [3.8, 4) is 17.0 Å². The molecule has 0 spiro atoms. The molecule has 1 aromatic carbocycles. The van der Waals surface area contributed by atoms with Crippen LogP contribution in [0.5, 0.6) is 5.75 Å². The molecule has 1 aliphatic rings. The summed E-state index contributed by atoms with van der Waals surface area (Å²) in [6, 6.07) is 8.19. The molecule has 2 amide bonds. The van der Waals surface area contributed by atoms with Crippen LogP contribution in [0.2, 0.25) is 0 Å². The number of amides is 2. The van der Waals surface area contributed by atoms with E-state index in [9.17, 15) is 14.7 Å². The van der Waals surface area contributed by atoms with Crippen LogP contribution in [0.1, 0.15) is 37.6 Å². The molecular weight excluding hydrogens is 398 g/mol. The van der Waals surface area contributed by atoms with E-state index in [1.165, 1.54) is 0 Å². The number of nitrogens with one attached hydrogen (secondary N) is 2. The van der Waals surface area contributed by atoms with Gasteiger partial charge in [0, 0.05) is 18.7 Å². The SMILES string of the molecule is CC(C)(C)OC(=O)NC1CCN(C(=O)c2cc(-c3ccc(O)cc3)nc3[nH]ncc23)C1. The first-order chi connectivity index (χ1) is 14.7. The number of aromatic nitrogens is 3. The van der Waals surface area contributed by atoms with Crippen molar-refractivity contribution < 1.29 is 19.4 Å². The summed E-state index contributed by atoms with van der Waals surface area (Å²) in [5.74, 6) is 0.00517. The minimum absolute atomic E-state index is 0.151. The van der Waals surface area contributed by atoms with Crippen molar-refractivity contribution in [2.45, 2.75) is 38.8 Å². The van der Waals surface area contributed by atoms with Gasteiger partial charge in [0.15, 0.2) is 5.65 Å². The lowest BCUT2D eigenvalue weighted by atomic mass is 10.1. The molecule has 0 bridgehead atoms. The molecule has 3 N–H and O–H groups in total. The van der Waals surface area contributed by atoms with Crippen LogP contribution in [0.15, 0.2) is 36.5 Å². The Balaban J connectivity index is 1.55. The van der Waals surface area contributed by atoms with Crippen molar-refractivity contribution in [1.29, 1.82) is 0 Å². The molecule has 9 heteroatoms. The van der Waals surface area contributed by atoms with Gasteiger partial charge in [-0.25, -0.2) is 9.78 Å². The number of aromatic hydroxyl groups is 1. The van der Waals surface area contributed by atoms with Crippen LogP contribution in [0, 0.1) is 0 Å². The average molecular weight is 423 g/mol. The molecule has 1 fully saturated rings. The Kier molecular flexibility index (Phi) is 5.26. The van der Waals surface area contributed by atoms with Crippen molar-refractivity contribution in [2.75, 3.05) is 13.1 Å². The molecule has 162 valence electrons. The van der Waals surface area contributed by atoms with Gasteiger partial charge in [0.05, 0.1) is 28.9 Å². The molecule has 0 aliphatic carbocycles.